The Morgan fingerprint density at radius 3 is 2.75 bits per heavy atom. The Bertz CT molecular complexity index is 347. The normalized spacial score (nSPS) is 10.8. The summed E-state index contributed by atoms with van der Waals surface area (Å²) in [4.78, 5) is 13.8. The molecule has 0 aliphatic carbocycles. The summed E-state index contributed by atoms with van der Waals surface area (Å²) >= 11 is 0. The Morgan fingerprint density at radius 2 is 2.31 bits per heavy atom. The molecule has 0 unspecified atom stereocenters. The minimum Gasteiger partial charge on any atom is -0.396 e. The van der Waals surface area contributed by atoms with Gasteiger partial charge in [-0.3, -0.25) is 9.48 Å². The second kappa shape index (κ2) is 5.65. The molecule has 1 heterocycles. The molecular formula is C11H19N3O2. The molecule has 5 heteroatoms. The second-order valence-corrected chi connectivity index (χ2v) is 4.07. The van der Waals surface area contributed by atoms with Crippen LogP contribution >= 0.6 is 0 Å². The molecule has 0 aromatic carbocycles. The smallest absolute Gasteiger partial charge is 0.257 e. The number of rotatable bonds is 5. The quantitative estimate of drug-likeness (QED) is 0.800. The molecule has 1 rings (SSSR count). The van der Waals surface area contributed by atoms with Crippen molar-refractivity contribution in [2.24, 2.45) is 7.05 Å². The van der Waals surface area contributed by atoms with Crippen molar-refractivity contribution in [1.29, 1.82) is 0 Å². The van der Waals surface area contributed by atoms with Gasteiger partial charge in [-0.2, -0.15) is 5.10 Å². The van der Waals surface area contributed by atoms with E-state index in [2.05, 4.69) is 5.10 Å². The first kappa shape index (κ1) is 12.7. The van der Waals surface area contributed by atoms with Gasteiger partial charge in [-0.1, -0.05) is 0 Å². The van der Waals surface area contributed by atoms with Crippen LogP contribution in [0.2, 0.25) is 0 Å². The fourth-order valence-corrected chi connectivity index (χ4v) is 1.53. The van der Waals surface area contributed by atoms with E-state index in [1.165, 1.54) is 0 Å². The van der Waals surface area contributed by atoms with Crippen LogP contribution in [0, 0.1) is 0 Å². The zero-order valence-electron chi connectivity index (χ0n) is 10.1. The minimum atomic E-state index is -0.0310. The highest BCUT2D eigenvalue weighted by molar-refractivity contribution is 5.93. The predicted octanol–water partition coefficient (Wildman–Crippen LogP) is 0.653. The Morgan fingerprint density at radius 1 is 1.62 bits per heavy atom. The van der Waals surface area contributed by atoms with E-state index < -0.39 is 0 Å². The molecule has 5 nitrogen and oxygen atoms in total. The van der Waals surface area contributed by atoms with Crippen molar-refractivity contribution in [2.75, 3.05) is 13.2 Å². The second-order valence-electron chi connectivity index (χ2n) is 4.07. The Hall–Kier alpha value is -1.36. The zero-order chi connectivity index (χ0) is 12.1. The molecular weight excluding hydrogens is 206 g/mol. The molecule has 16 heavy (non-hydrogen) atoms. The molecule has 0 saturated carbocycles. The summed E-state index contributed by atoms with van der Waals surface area (Å²) in [5.74, 6) is -0.0310. The molecule has 1 N–H and O–H groups in total. The summed E-state index contributed by atoms with van der Waals surface area (Å²) in [5.41, 5.74) is 0.592. The van der Waals surface area contributed by atoms with E-state index in [1.54, 1.807) is 29.0 Å². The van der Waals surface area contributed by atoms with Crippen molar-refractivity contribution in [3.8, 4) is 0 Å². The standard InChI is InChI=1S/C11H19N3O2/c1-9(2)14(5-4-6-15)11(16)10-7-12-13(3)8-10/h7-9,15H,4-6H2,1-3H3. The van der Waals surface area contributed by atoms with Gasteiger partial charge in [0.25, 0.3) is 5.91 Å². The van der Waals surface area contributed by atoms with E-state index >= 15 is 0 Å². The third-order valence-corrected chi connectivity index (χ3v) is 2.39. The van der Waals surface area contributed by atoms with Crippen LogP contribution in [0.1, 0.15) is 30.6 Å². The third kappa shape index (κ3) is 3.06. The van der Waals surface area contributed by atoms with Crippen LogP contribution in [-0.2, 0) is 7.05 Å². The van der Waals surface area contributed by atoms with Crippen LogP contribution in [0.4, 0.5) is 0 Å². The number of nitrogens with zero attached hydrogens (tertiary/aromatic N) is 3. The van der Waals surface area contributed by atoms with Gasteiger partial charge in [0.15, 0.2) is 0 Å². The Balaban J connectivity index is 2.74. The van der Waals surface area contributed by atoms with Crippen molar-refractivity contribution < 1.29 is 9.90 Å². The summed E-state index contributed by atoms with van der Waals surface area (Å²) in [6.07, 6.45) is 3.87. The average molecular weight is 225 g/mol. The maximum Gasteiger partial charge on any atom is 0.257 e. The number of aryl methyl sites for hydroxylation is 1. The average Bonchev–Trinajstić information content (AvgIpc) is 2.64. The van der Waals surface area contributed by atoms with Gasteiger partial charge in [-0.15, -0.1) is 0 Å². The molecule has 90 valence electrons. The van der Waals surface area contributed by atoms with Gasteiger partial charge in [-0.25, -0.2) is 0 Å². The maximum atomic E-state index is 12.1. The van der Waals surface area contributed by atoms with Crippen molar-refractivity contribution in [2.45, 2.75) is 26.3 Å². The number of carbonyl (C=O) groups is 1. The summed E-state index contributed by atoms with van der Waals surface area (Å²) in [6, 6.07) is 0.124. The van der Waals surface area contributed by atoms with Gasteiger partial charge in [0.1, 0.15) is 0 Å². The molecule has 1 aromatic heterocycles. The summed E-state index contributed by atoms with van der Waals surface area (Å²) < 4.78 is 1.61. The largest absolute Gasteiger partial charge is 0.396 e. The van der Waals surface area contributed by atoms with Crippen LogP contribution in [0.5, 0.6) is 0 Å². The molecule has 1 amide bonds. The highest BCUT2D eigenvalue weighted by Gasteiger charge is 2.19. The van der Waals surface area contributed by atoms with Gasteiger partial charge in [0, 0.05) is 32.4 Å². The van der Waals surface area contributed by atoms with Crippen LogP contribution in [0.25, 0.3) is 0 Å². The number of hydrogen-bond donors (Lipinski definition) is 1. The van der Waals surface area contributed by atoms with Crippen LogP contribution < -0.4 is 0 Å². The number of aromatic nitrogens is 2. The molecule has 0 fully saturated rings. The number of carbonyl (C=O) groups excluding carboxylic acids is 1. The van der Waals surface area contributed by atoms with E-state index in [-0.39, 0.29) is 18.6 Å². The van der Waals surface area contributed by atoms with Crippen molar-refractivity contribution >= 4 is 5.91 Å². The lowest BCUT2D eigenvalue weighted by Crippen LogP contribution is -2.37. The number of aliphatic hydroxyl groups excluding tert-OH is 1. The number of amides is 1. The van der Waals surface area contributed by atoms with Crippen LogP contribution in [0.15, 0.2) is 12.4 Å². The maximum absolute atomic E-state index is 12.1. The summed E-state index contributed by atoms with van der Waals surface area (Å²) in [6.45, 7) is 4.60. The molecule has 0 saturated heterocycles. The third-order valence-electron chi connectivity index (χ3n) is 2.39. The highest BCUT2D eigenvalue weighted by atomic mass is 16.3. The first-order valence-electron chi connectivity index (χ1n) is 5.46. The van der Waals surface area contributed by atoms with E-state index in [0.29, 0.717) is 18.5 Å². The molecule has 0 aliphatic heterocycles. The summed E-state index contributed by atoms with van der Waals surface area (Å²) in [7, 11) is 1.78. The molecule has 0 aliphatic rings. The zero-order valence-corrected chi connectivity index (χ0v) is 10.1. The first-order chi connectivity index (χ1) is 7.56. The number of hydrogen-bond acceptors (Lipinski definition) is 3. The Labute approximate surface area is 95.7 Å². The lowest BCUT2D eigenvalue weighted by Gasteiger charge is -2.25. The van der Waals surface area contributed by atoms with E-state index in [1.807, 2.05) is 13.8 Å². The van der Waals surface area contributed by atoms with E-state index in [4.69, 9.17) is 5.11 Å². The molecule has 0 radical (unpaired) electrons. The van der Waals surface area contributed by atoms with Gasteiger partial charge < -0.3 is 10.0 Å². The van der Waals surface area contributed by atoms with Crippen LogP contribution in [-0.4, -0.2) is 44.9 Å². The van der Waals surface area contributed by atoms with Gasteiger partial charge >= 0.3 is 0 Å². The van der Waals surface area contributed by atoms with Crippen molar-refractivity contribution in [1.82, 2.24) is 14.7 Å². The monoisotopic (exact) mass is 225 g/mol. The Kier molecular flexibility index (Phi) is 4.49. The minimum absolute atomic E-state index is 0.0310. The van der Waals surface area contributed by atoms with Gasteiger partial charge in [0.05, 0.1) is 11.8 Å². The predicted molar refractivity (Wildman–Crippen MR) is 61.1 cm³/mol. The lowest BCUT2D eigenvalue weighted by atomic mass is 10.2. The fraction of sp³-hybridized carbons (Fsp3) is 0.636. The summed E-state index contributed by atoms with van der Waals surface area (Å²) in [5, 5.41) is 12.8. The van der Waals surface area contributed by atoms with Crippen molar-refractivity contribution in [3.63, 3.8) is 0 Å². The first-order valence-corrected chi connectivity index (χ1v) is 5.46. The van der Waals surface area contributed by atoms with Crippen molar-refractivity contribution in [3.05, 3.63) is 18.0 Å². The van der Waals surface area contributed by atoms with Gasteiger partial charge in [-0.05, 0) is 20.3 Å². The highest BCUT2D eigenvalue weighted by Crippen LogP contribution is 2.08. The lowest BCUT2D eigenvalue weighted by molar-refractivity contribution is 0.0693. The van der Waals surface area contributed by atoms with Gasteiger partial charge in [0.2, 0.25) is 0 Å². The number of aliphatic hydroxyl groups is 1. The fourth-order valence-electron chi connectivity index (χ4n) is 1.53. The van der Waals surface area contributed by atoms with E-state index in [9.17, 15) is 4.79 Å². The topological polar surface area (TPSA) is 58.4 Å². The molecule has 1 aromatic rings. The molecule has 0 atom stereocenters. The molecule has 0 spiro atoms. The SMILES string of the molecule is CC(C)N(CCCO)C(=O)c1cnn(C)c1. The van der Waals surface area contributed by atoms with Crippen LogP contribution in [0.3, 0.4) is 0 Å². The molecule has 0 bridgehead atoms. The van der Waals surface area contributed by atoms with E-state index in [0.717, 1.165) is 0 Å².